The maximum Gasteiger partial charge on any atom is 0.276 e. The van der Waals surface area contributed by atoms with Crippen molar-refractivity contribution in [3.63, 3.8) is 0 Å². The quantitative estimate of drug-likeness (QED) is 0.505. The van der Waals surface area contributed by atoms with Crippen molar-refractivity contribution in [1.82, 2.24) is 25.0 Å². The normalized spacial score (nSPS) is 10.8. The van der Waals surface area contributed by atoms with Gasteiger partial charge in [0.25, 0.3) is 5.91 Å². The van der Waals surface area contributed by atoms with E-state index in [0.29, 0.717) is 17.9 Å². The fourth-order valence-electron chi connectivity index (χ4n) is 2.41. The number of halogens is 1. The van der Waals surface area contributed by atoms with Gasteiger partial charge in [-0.1, -0.05) is 12.1 Å². The molecule has 0 aliphatic carbocycles. The zero-order valence-electron chi connectivity index (χ0n) is 13.4. The number of carbonyl (C=O) groups is 1. The van der Waals surface area contributed by atoms with E-state index in [2.05, 4.69) is 41.5 Å². The second-order valence-corrected chi connectivity index (χ2v) is 7.98. The van der Waals surface area contributed by atoms with Crippen LogP contribution in [0.2, 0.25) is 0 Å². The minimum absolute atomic E-state index is 0.257. The molecule has 0 radical (unpaired) electrons. The number of aromatic amines is 1. The standard InChI is InChI=1S/C17H13BrN6OS/c18-16-6-5-15(26-16)13-7-14(23-22-13)17(25)21-12-3-1-11(2-4-12)8-24-10-19-9-20-24/h1-7,9-10H,8H2,(H,21,25)(H,22,23). The Kier molecular flexibility index (Phi) is 4.63. The Morgan fingerprint density at radius 1 is 1.23 bits per heavy atom. The molecule has 7 nitrogen and oxygen atoms in total. The average molecular weight is 429 g/mol. The van der Waals surface area contributed by atoms with Gasteiger partial charge in [-0.2, -0.15) is 10.2 Å². The molecule has 4 rings (SSSR count). The fraction of sp³-hybridized carbons (Fsp3) is 0.0588. The summed E-state index contributed by atoms with van der Waals surface area (Å²) in [6.07, 6.45) is 3.17. The Labute approximate surface area is 161 Å². The van der Waals surface area contributed by atoms with Crippen molar-refractivity contribution >= 4 is 38.9 Å². The van der Waals surface area contributed by atoms with Crippen LogP contribution in [0.25, 0.3) is 10.6 Å². The summed E-state index contributed by atoms with van der Waals surface area (Å²) in [5.74, 6) is -0.257. The number of hydrogen-bond donors (Lipinski definition) is 2. The number of anilines is 1. The van der Waals surface area contributed by atoms with E-state index in [1.807, 2.05) is 36.4 Å². The van der Waals surface area contributed by atoms with E-state index < -0.39 is 0 Å². The smallest absolute Gasteiger partial charge is 0.276 e. The molecule has 9 heteroatoms. The van der Waals surface area contributed by atoms with Crippen molar-refractivity contribution in [2.75, 3.05) is 5.32 Å². The van der Waals surface area contributed by atoms with Gasteiger partial charge in [0.15, 0.2) is 5.69 Å². The second kappa shape index (κ2) is 7.22. The number of thiophene rings is 1. The molecule has 1 aromatic carbocycles. The van der Waals surface area contributed by atoms with E-state index in [-0.39, 0.29) is 5.91 Å². The van der Waals surface area contributed by atoms with Gasteiger partial charge in [-0.05, 0) is 51.8 Å². The molecule has 0 atom stereocenters. The molecule has 0 unspecified atom stereocenters. The van der Waals surface area contributed by atoms with Crippen LogP contribution in [-0.4, -0.2) is 30.9 Å². The monoisotopic (exact) mass is 428 g/mol. The third kappa shape index (κ3) is 3.73. The minimum Gasteiger partial charge on any atom is -0.321 e. The molecule has 0 bridgehead atoms. The van der Waals surface area contributed by atoms with Crippen LogP contribution >= 0.6 is 27.3 Å². The van der Waals surface area contributed by atoms with Crippen molar-refractivity contribution in [2.24, 2.45) is 0 Å². The topological polar surface area (TPSA) is 88.5 Å². The van der Waals surface area contributed by atoms with Crippen molar-refractivity contribution in [3.8, 4) is 10.6 Å². The van der Waals surface area contributed by atoms with Crippen molar-refractivity contribution < 1.29 is 4.79 Å². The highest BCUT2D eigenvalue weighted by Gasteiger charge is 2.13. The summed E-state index contributed by atoms with van der Waals surface area (Å²) >= 11 is 5.00. The first-order chi connectivity index (χ1) is 12.7. The molecule has 3 aromatic heterocycles. The van der Waals surface area contributed by atoms with E-state index in [0.717, 1.165) is 19.9 Å². The summed E-state index contributed by atoms with van der Waals surface area (Å²) < 4.78 is 2.76. The third-order valence-electron chi connectivity index (χ3n) is 3.67. The summed E-state index contributed by atoms with van der Waals surface area (Å²) in [4.78, 5) is 17.3. The Hall–Kier alpha value is -2.78. The van der Waals surface area contributed by atoms with Crippen LogP contribution in [-0.2, 0) is 6.54 Å². The molecule has 0 aliphatic heterocycles. The predicted octanol–water partition coefficient (Wildman–Crippen LogP) is 3.79. The molecule has 0 spiro atoms. The lowest BCUT2D eigenvalue weighted by atomic mass is 10.2. The Morgan fingerprint density at radius 2 is 2.08 bits per heavy atom. The van der Waals surface area contributed by atoms with Gasteiger partial charge in [0, 0.05) is 5.69 Å². The number of hydrogen-bond acceptors (Lipinski definition) is 5. The van der Waals surface area contributed by atoms with Gasteiger partial charge in [0.05, 0.1) is 20.9 Å². The molecule has 26 heavy (non-hydrogen) atoms. The summed E-state index contributed by atoms with van der Waals surface area (Å²) in [6.45, 7) is 0.632. The van der Waals surface area contributed by atoms with Crippen LogP contribution in [0.5, 0.6) is 0 Å². The van der Waals surface area contributed by atoms with Crippen molar-refractivity contribution in [1.29, 1.82) is 0 Å². The van der Waals surface area contributed by atoms with Crippen LogP contribution in [0.3, 0.4) is 0 Å². The van der Waals surface area contributed by atoms with Crippen molar-refractivity contribution in [2.45, 2.75) is 6.54 Å². The van der Waals surface area contributed by atoms with Crippen LogP contribution in [0.15, 0.2) is 58.9 Å². The molecular weight excluding hydrogens is 416 g/mol. The largest absolute Gasteiger partial charge is 0.321 e. The molecule has 0 fully saturated rings. The van der Waals surface area contributed by atoms with Gasteiger partial charge in [0.2, 0.25) is 0 Å². The number of H-pyrrole nitrogens is 1. The lowest BCUT2D eigenvalue weighted by molar-refractivity contribution is 0.102. The van der Waals surface area contributed by atoms with E-state index >= 15 is 0 Å². The Bertz CT molecular complexity index is 1020. The van der Waals surface area contributed by atoms with Crippen LogP contribution < -0.4 is 5.32 Å². The molecule has 3 heterocycles. The van der Waals surface area contributed by atoms with E-state index in [4.69, 9.17) is 0 Å². The lowest BCUT2D eigenvalue weighted by Gasteiger charge is -2.05. The van der Waals surface area contributed by atoms with Gasteiger partial charge in [0.1, 0.15) is 12.7 Å². The number of carbonyl (C=O) groups excluding carboxylic acids is 1. The lowest BCUT2D eigenvalue weighted by Crippen LogP contribution is -2.12. The highest BCUT2D eigenvalue weighted by Crippen LogP contribution is 2.30. The predicted molar refractivity (Wildman–Crippen MR) is 103 cm³/mol. The Morgan fingerprint density at radius 3 is 2.77 bits per heavy atom. The zero-order chi connectivity index (χ0) is 17.9. The molecule has 0 saturated carbocycles. The molecule has 0 aliphatic rings. The maximum absolute atomic E-state index is 12.4. The number of rotatable bonds is 5. The van der Waals surface area contributed by atoms with Gasteiger partial charge >= 0.3 is 0 Å². The molecule has 4 aromatic rings. The molecule has 130 valence electrons. The summed E-state index contributed by atoms with van der Waals surface area (Å²) in [7, 11) is 0. The molecular formula is C17H13BrN6OS. The second-order valence-electron chi connectivity index (χ2n) is 5.51. The summed E-state index contributed by atoms with van der Waals surface area (Å²) in [5.41, 5.74) is 2.94. The highest BCUT2D eigenvalue weighted by atomic mass is 79.9. The SMILES string of the molecule is O=C(Nc1ccc(Cn2cncn2)cc1)c1cc(-c2ccc(Br)s2)[nH]n1. The first kappa shape index (κ1) is 16.7. The van der Waals surface area contributed by atoms with E-state index in [1.54, 1.807) is 28.4 Å². The number of benzene rings is 1. The fourth-order valence-corrected chi connectivity index (χ4v) is 3.77. The number of amides is 1. The van der Waals surface area contributed by atoms with Gasteiger partial charge in [-0.3, -0.25) is 9.89 Å². The average Bonchev–Trinajstić information content (AvgIpc) is 3.37. The van der Waals surface area contributed by atoms with Crippen molar-refractivity contribution in [3.05, 3.63) is 70.2 Å². The first-order valence-corrected chi connectivity index (χ1v) is 9.32. The van der Waals surface area contributed by atoms with E-state index in [9.17, 15) is 4.79 Å². The first-order valence-electron chi connectivity index (χ1n) is 7.71. The van der Waals surface area contributed by atoms with Crippen LogP contribution in [0.1, 0.15) is 16.1 Å². The molecule has 1 amide bonds. The number of nitrogens with one attached hydrogen (secondary N) is 2. The molecule has 0 saturated heterocycles. The summed E-state index contributed by atoms with van der Waals surface area (Å²) in [5, 5.41) is 13.9. The van der Waals surface area contributed by atoms with Gasteiger partial charge in [-0.25, -0.2) is 9.67 Å². The van der Waals surface area contributed by atoms with Gasteiger partial charge < -0.3 is 5.32 Å². The number of aromatic nitrogens is 5. The van der Waals surface area contributed by atoms with E-state index in [1.165, 1.54) is 6.33 Å². The van der Waals surface area contributed by atoms with Crippen LogP contribution in [0, 0.1) is 0 Å². The third-order valence-corrected chi connectivity index (χ3v) is 5.33. The number of nitrogens with zero attached hydrogens (tertiary/aromatic N) is 4. The maximum atomic E-state index is 12.4. The zero-order valence-corrected chi connectivity index (χ0v) is 15.8. The summed E-state index contributed by atoms with van der Waals surface area (Å²) in [6, 6.07) is 13.3. The van der Waals surface area contributed by atoms with Gasteiger partial charge in [-0.15, -0.1) is 11.3 Å². The minimum atomic E-state index is -0.257. The Balaban J connectivity index is 1.42. The highest BCUT2D eigenvalue weighted by molar-refractivity contribution is 9.11. The van der Waals surface area contributed by atoms with Crippen LogP contribution in [0.4, 0.5) is 5.69 Å². The molecule has 2 N–H and O–H groups in total.